The molecule has 1 heterocycles. The van der Waals surface area contributed by atoms with Crippen molar-refractivity contribution < 1.29 is 43.6 Å². The molecule has 0 aliphatic heterocycles. The van der Waals surface area contributed by atoms with E-state index >= 15 is 0 Å². The number of carbonyl (C=O) groups is 3. The topological polar surface area (TPSA) is 275 Å². The van der Waals surface area contributed by atoms with Crippen molar-refractivity contribution >= 4 is 51.7 Å². The lowest BCUT2D eigenvalue weighted by atomic mass is 9.95. The molecule has 0 bridgehead atoms. The number of carboxylic acid groups (broad SMARTS) is 2. The van der Waals surface area contributed by atoms with Gasteiger partial charge in [-0.3, -0.25) is 19.2 Å². The van der Waals surface area contributed by atoms with Gasteiger partial charge >= 0.3 is 11.9 Å². The van der Waals surface area contributed by atoms with Gasteiger partial charge in [-0.25, -0.2) is 9.78 Å². The van der Waals surface area contributed by atoms with Gasteiger partial charge in [-0.05, 0) is 54.1 Å². The number of hydrogen-bond donors (Lipinski definition) is 9. The van der Waals surface area contributed by atoms with Gasteiger partial charge in [-0.1, -0.05) is 0 Å². The van der Waals surface area contributed by atoms with Crippen LogP contribution in [0.15, 0.2) is 48.5 Å². The number of phenols is 2. The molecule has 0 radical (unpaired) electrons. The van der Waals surface area contributed by atoms with Crippen LogP contribution < -0.4 is 15.8 Å². The minimum atomic E-state index is -2.69. The van der Waals surface area contributed by atoms with Crippen LogP contribution in [0, 0.1) is 5.41 Å². The average Bonchev–Trinajstić information content (AvgIpc) is 3.33. The molecule has 3 aromatic carbocycles. The van der Waals surface area contributed by atoms with Crippen LogP contribution in [-0.2, 0) is 32.1 Å². The summed E-state index contributed by atoms with van der Waals surface area (Å²) in [6, 6.07) is 9.49. The molecular formula is C26H23N6O9S-. The lowest BCUT2D eigenvalue weighted by Gasteiger charge is -2.16. The third-order valence-electron chi connectivity index (χ3n) is 6.08. The SMILES string of the molecule is N=C(N)c1ccc2nc(-c3cc(CC(=O)N[C@H](CC(=O)O)C(=O)O)cc(-c4cc(NS(=O)[O-])ccc4O)c3O)[nH]c2c1. The first-order valence-electron chi connectivity index (χ1n) is 12.0. The van der Waals surface area contributed by atoms with Crippen molar-refractivity contribution in [3.63, 3.8) is 0 Å². The summed E-state index contributed by atoms with van der Waals surface area (Å²) in [4.78, 5) is 42.7. The van der Waals surface area contributed by atoms with E-state index in [1.807, 2.05) is 0 Å². The molecule has 218 valence electrons. The number of nitrogens with one attached hydrogen (secondary N) is 4. The monoisotopic (exact) mass is 595 g/mol. The van der Waals surface area contributed by atoms with Crippen molar-refractivity contribution in [2.24, 2.45) is 5.73 Å². The summed E-state index contributed by atoms with van der Waals surface area (Å²) < 4.78 is 24.5. The van der Waals surface area contributed by atoms with Crippen LogP contribution in [0.25, 0.3) is 33.5 Å². The van der Waals surface area contributed by atoms with Crippen molar-refractivity contribution in [1.29, 1.82) is 5.41 Å². The predicted molar refractivity (Wildman–Crippen MR) is 149 cm³/mol. The number of aromatic nitrogens is 2. The van der Waals surface area contributed by atoms with E-state index in [2.05, 4.69) is 20.0 Å². The molecule has 4 aromatic rings. The lowest BCUT2D eigenvalue weighted by Crippen LogP contribution is -2.42. The molecule has 1 amide bonds. The third kappa shape index (κ3) is 6.62. The van der Waals surface area contributed by atoms with Gasteiger partial charge in [-0.15, -0.1) is 0 Å². The van der Waals surface area contributed by atoms with Crippen molar-refractivity contribution in [1.82, 2.24) is 15.3 Å². The number of rotatable bonds is 11. The maximum absolute atomic E-state index is 12.8. The second-order valence-electron chi connectivity index (χ2n) is 9.07. The van der Waals surface area contributed by atoms with E-state index in [0.29, 0.717) is 16.6 Å². The van der Waals surface area contributed by atoms with Crippen LogP contribution in [-0.4, -0.2) is 68.9 Å². The molecule has 0 fully saturated rings. The molecule has 42 heavy (non-hydrogen) atoms. The number of fused-ring (bicyclic) bond motifs is 1. The summed E-state index contributed by atoms with van der Waals surface area (Å²) >= 11 is -2.69. The number of aromatic hydroxyl groups is 2. The number of amides is 1. The van der Waals surface area contributed by atoms with Crippen molar-refractivity contribution in [2.75, 3.05) is 4.72 Å². The van der Waals surface area contributed by atoms with Crippen LogP contribution in [0.1, 0.15) is 17.5 Å². The number of benzene rings is 3. The third-order valence-corrected chi connectivity index (χ3v) is 6.48. The van der Waals surface area contributed by atoms with Crippen LogP contribution in [0.4, 0.5) is 5.69 Å². The van der Waals surface area contributed by atoms with Crippen LogP contribution in [0.3, 0.4) is 0 Å². The first-order valence-corrected chi connectivity index (χ1v) is 13.0. The quantitative estimate of drug-likeness (QED) is 0.0517. The predicted octanol–water partition coefficient (Wildman–Crippen LogP) is 1.38. The van der Waals surface area contributed by atoms with E-state index < -0.39 is 53.7 Å². The van der Waals surface area contributed by atoms with E-state index in [0.717, 1.165) is 0 Å². The summed E-state index contributed by atoms with van der Waals surface area (Å²) in [7, 11) is 0. The zero-order valence-corrected chi connectivity index (χ0v) is 22.2. The van der Waals surface area contributed by atoms with Gasteiger partial charge in [0, 0.05) is 33.6 Å². The first-order chi connectivity index (χ1) is 19.8. The fourth-order valence-corrected chi connectivity index (χ4v) is 4.52. The smallest absolute Gasteiger partial charge is 0.326 e. The Bertz CT molecular complexity index is 1770. The minimum absolute atomic E-state index is 0.0178. The highest BCUT2D eigenvalue weighted by molar-refractivity contribution is 7.80. The fraction of sp³-hybridized carbons (Fsp3) is 0.115. The van der Waals surface area contributed by atoms with Crippen LogP contribution in [0.2, 0.25) is 0 Å². The largest absolute Gasteiger partial charge is 0.755 e. The molecule has 0 aliphatic carbocycles. The second-order valence-corrected chi connectivity index (χ2v) is 9.75. The molecule has 10 N–H and O–H groups in total. The van der Waals surface area contributed by atoms with E-state index in [1.165, 1.54) is 30.3 Å². The summed E-state index contributed by atoms with van der Waals surface area (Å²) in [6.07, 6.45) is -1.33. The Labute approximate surface area is 239 Å². The molecule has 0 aliphatic rings. The van der Waals surface area contributed by atoms with Gasteiger partial charge in [0.15, 0.2) is 0 Å². The summed E-state index contributed by atoms with van der Waals surface area (Å²) in [6.45, 7) is 0. The number of carboxylic acids is 2. The number of imidazole rings is 1. The highest BCUT2D eigenvalue weighted by Crippen LogP contribution is 2.43. The van der Waals surface area contributed by atoms with Gasteiger partial charge in [-0.2, -0.15) is 0 Å². The molecular weight excluding hydrogens is 572 g/mol. The zero-order valence-electron chi connectivity index (χ0n) is 21.4. The van der Waals surface area contributed by atoms with Gasteiger partial charge in [0.1, 0.15) is 29.2 Å². The minimum Gasteiger partial charge on any atom is -0.755 e. The standard InChI is InChI=1S/C26H24N6O9S/c27-24(28)12-1-3-17-18(8-12)31-25(30-17)16-6-11(7-21(34)29-19(26(38)39)10-22(35)36)5-15(23(16)37)14-9-13(32-42(40)41)2-4-20(14)33/h1-6,8-9,19,32-33,37H,7,10H2,(H3,27,28)(H,29,34)(H,30,31)(H,35,36)(H,38,39)(H,40,41)/p-1/t19-/m1/s1. The fourth-order valence-electron chi connectivity index (χ4n) is 4.20. The van der Waals surface area contributed by atoms with Crippen molar-refractivity contribution in [3.8, 4) is 34.0 Å². The van der Waals surface area contributed by atoms with Gasteiger partial charge in [0.2, 0.25) is 5.91 Å². The number of nitrogen functional groups attached to an aromatic ring is 1. The first kappa shape index (κ1) is 29.5. The number of anilines is 1. The van der Waals surface area contributed by atoms with Gasteiger partial charge in [0.25, 0.3) is 0 Å². The van der Waals surface area contributed by atoms with E-state index in [-0.39, 0.29) is 45.4 Å². The Morgan fingerprint density at radius 3 is 2.40 bits per heavy atom. The number of hydrogen-bond acceptors (Lipinski definition) is 9. The van der Waals surface area contributed by atoms with Gasteiger partial charge in [0.05, 0.1) is 29.4 Å². The summed E-state index contributed by atoms with van der Waals surface area (Å²) in [5.41, 5.74) is 7.15. The Kier molecular flexibility index (Phi) is 8.39. The van der Waals surface area contributed by atoms with Crippen LogP contribution in [0.5, 0.6) is 11.5 Å². The normalized spacial score (nSPS) is 12.4. The number of aliphatic carboxylic acids is 2. The van der Waals surface area contributed by atoms with E-state index in [1.54, 1.807) is 18.2 Å². The highest BCUT2D eigenvalue weighted by Gasteiger charge is 2.24. The molecule has 15 nitrogen and oxygen atoms in total. The molecule has 1 aromatic heterocycles. The number of aromatic amines is 1. The molecule has 1 unspecified atom stereocenters. The second kappa shape index (κ2) is 11.9. The molecule has 2 atom stereocenters. The summed E-state index contributed by atoms with van der Waals surface area (Å²) in [5, 5.41) is 50.0. The Morgan fingerprint density at radius 1 is 1.05 bits per heavy atom. The van der Waals surface area contributed by atoms with E-state index in [4.69, 9.17) is 16.2 Å². The number of nitrogens with two attached hydrogens (primary N) is 1. The summed E-state index contributed by atoms with van der Waals surface area (Å²) in [5.74, 6) is -4.64. The molecule has 16 heteroatoms. The molecule has 4 rings (SSSR count). The molecule has 0 saturated heterocycles. The Hall–Kier alpha value is -5.48. The van der Waals surface area contributed by atoms with Crippen LogP contribution >= 0.6 is 0 Å². The van der Waals surface area contributed by atoms with Crippen molar-refractivity contribution in [3.05, 3.63) is 59.7 Å². The number of carbonyl (C=O) groups excluding carboxylic acids is 1. The van der Waals surface area contributed by atoms with Crippen molar-refractivity contribution in [2.45, 2.75) is 18.9 Å². The zero-order chi connectivity index (χ0) is 30.7. The van der Waals surface area contributed by atoms with E-state index in [9.17, 15) is 38.5 Å². The Balaban J connectivity index is 1.84. The molecule has 0 saturated carbocycles. The maximum atomic E-state index is 12.8. The number of H-pyrrole nitrogens is 1. The number of phenolic OH excluding ortho intramolecular Hbond substituents is 2. The highest BCUT2D eigenvalue weighted by atomic mass is 32.2. The van der Waals surface area contributed by atoms with Gasteiger partial charge < -0.3 is 45.7 Å². The average molecular weight is 596 g/mol. The lowest BCUT2D eigenvalue weighted by molar-refractivity contribution is -0.147. The Morgan fingerprint density at radius 2 is 1.76 bits per heavy atom. The number of amidine groups is 1. The molecule has 0 spiro atoms. The number of nitrogens with zero attached hydrogens (tertiary/aromatic N) is 1. The maximum Gasteiger partial charge on any atom is 0.326 e.